The fraction of sp³-hybridized carbons (Fsp3) is 0.405. The summed E-state index contributed by atoms with van der Waals surface area (Å²) in [6.45, 7) is 3.41. The number of nitrogens with zero attached hydrogens (tertiary/aromatic N) is 5. The number of sulfonamides is 1. The molecule has 5 aliphatic heterocycles. The second-order valence-electron chi connectivity index (χ2n) is 14.5. The van der Waals surface area contributed by atoms with E-state index in [0.717, 1.165) is 11.1 Å². The summed E-state index contributed by atoms with van der Waals surface area (Å²) in [5.41, 5.74) is 0.862. The third-order valence-electron chi connectivity index (χ3n) is 12.8. The lowest BCUT2D eigenvalue weighted by atomic mass is 9.53. The summed E-state index contributed by atoms with van der Waals surface area (Å²) in [7, 11) is -1.04. The first-order chi connectivity index (χ1) is 23.4. The van der Waals surface area contributed by atoms with E-state index in [9.17, 15) is 19.2 Å². The molecule has 0 spiro atoms. The molecule has 6 aliphatic rings. The van der Waals surface area contributed by atoms with E-state index >= 15 is 8.42 Å². The van der Waals surface area contributed by atoms with Crippen LogP contribution >= 0.6 is 0 Å². The Morgan fingerprint density at radius 1 is 0.633 bits per heavy atom. The molecule has 0 N–H and O–H groups in total. The van der Waals surface area contributed by atoms with Crippen LogP contribution in [0.15, 0.2) is 83.8 Å². The van der Waals surface area contributed by atoms with Crippen LogP contribution in [0.1, 0.15) is 43.4 Å². The largest absolute Gasteiger partial charge is 0.332 e. The van der Waals surface area contributed by atoms with Gasteiger partial charge in [-0.15, -0.1) is 0 Å². The standard InChI is InChI=1S/C37H37N5O6S/c1-21-31(43)40-28(33(45)38(21)3)19-36(25-15-9-8-12-23(25)18-30(36)40)37-20-29-34(46)39(4)22(2)32(44)41(29)35(37)42(27-17-11-10-16-26(27)37)49(47,48)24-13-6-5-7-14-24/h5-17,21-22,28-30,35H,18-20H2,1-4H3/t21-,22-,28-,29?,30-,35-,36-,37-/m0/s1. The third kappa shape index (κ3) is 3.36. The summed E-state index contributed by atoms with van der Waals surface area (Å²) in [5, 5.41) is 0. The number of amides is 4. The fourth-order valence-corrected chi connectivity index (χ4v) is 12.2. The number of likely N-dealkylation sites (N-methyl/N-ethyl adjacent to an activating group) is 2. The van der Waals surface area contributed by atoms with Gasteiger partial charge >= 0.3 is 0 Å². The highest BCUT2D eigenvalue weighted by Gasteiger charge is 2.80. The number of hydrogen-bond acceptors (Lipinski definition) is 6. The summed E-state index contributed by atoms with van der Waals surface area (Å²) >= 11 is 0. The lowest BCUT2D eigenvalue weighted by Crippen LogP contribution is -2.67. The minimum atomic E-state index is -4.31. The van der Waals surface area contributed by atoms with Gasteiger partial charge in [0.15, 0.2) is 0 Å². The molecule has 3 aromatic carbocycles. The van der Waals surface area contributed by atoms with Crippen molar-refractivity contribution in [1.82, 2.24) is 19.6 Å². The fourth-order valence-electron chi connectivity index (χ4n) is 10.5. The molecule has 8 atom stereocenters. The molecule has 0 saturated carbocycles. The number of carbonyl (C=O) groups is 4. The summed E-state index contributed by atoms with van der Waals surface area (Å²) < 4.78 is 31.5. The number of anilines is 1. The molecule has 3 aromatic rings. The van der Waals surface area contributed by atoms with Gasteiger partial charge in [-0.25, -0.2) is 12.7 Å². The van der Waals surface area contributed by atoms with Crippen LogP contribution in [0.2, 0.25) is 0 Å². The minimum absolute atomic E-state index is 0.0653. The van der Waals surface area contributed by atoms with E-state index in [2.05, 4.69) is 0 Å². The summed E-state index contributed by atoms with van der Waals surface area (Å²) in [6, 6.07) is 19.8. The van der Waals surface area contributed by atoms with Crippen molar-refractivity contribution in [1.29, 1.82) is 0 Å². The van der Waals surface area contributed by atoms with E-state index < -0.39 is 57.2 Å². The van der Waals surface area contributed by atoms with Crippen LogP contribution in [-0.2, 0) is 46.5 Å². The van der Waals surface area contributed by atoms with Crippen LogP contribution in [0.25, 0.3) is 0 Å². The zero-order valence-corrected chi connectivity index (χ0v) is 28.5. The lowest BCUT2D eigenvalue weighted by Gasteiger charge is -2.50. The molecule has 0 aromatic heterocycles. The van der Waals surface area contributed by atoms with Gasteiger partial charge in [0, 0.05) is 25.6 Å². The Kier molecular flexibility index (Phi) is 6.02. The zero-order chi connectivity index (χ0) is 34.4. The van der Waals surface area contributed by atoms with Crippen molar-refractivity contribution in [3.63, 3.8) is 0 Å². The van der Waals surface area contributed by atoms with Crippen molar-refractivity contribution in [2.24, 2.45) is 0 Å². The highest BCUT2D eigenvalue weighted by molar-refractivity contribution is 7.92. The maximum absolute atomic E-state index is 15.0. The van der Waals surface area contributed by atoms with Crippen LogP contribution in [0.4, 0.5) is 5.69 Å². The Morgan fingerprint density at radius 3 is 1.84 bits per heavy atom. The predicted molar refractivity (Wildman–Crippen MR) is 179 cm³/mol. The molecule has 11 nitrogen and oxygen atoms in total. The maximum Gasteiger partial charge on any atom is 0.266 e. The first kappa shape index (κ1) is 30.4. The molecule has 0 bridgehead atoms. The molecule has 4 fully saturated rings. The van der Waals surface area contributed by atoms with Gasteiger partial charge < -0.3 is 19.6 Å². The summed E-state index contributed by atoms with van der Waals surface area (Å²) in [5.74, 6) is -0.917. The van der Waals surface area contributed by atoms with Gasteiger partial charge in [0.05, 0.1) is 16.0 Å². The van der Waals surface area contributed by atoms with Gasteiger partial charge in [-0.3, -0.25) is 19.2 Å². The molecule has 5 heterocycles. The summed E-state index contributed by atoms with van der Waals surface area (Å²) in [4.78, 5) is 63.7. The van der Waals surface area contributed by atoms with Crippen LogP contribution in [0.5, 0.6) is 0 Å². The topological polar surface area (TPSA) is 119 Å². The Balaban J connectivity index is 1.39. The number of carbonyl (C=O) groups excluding carboxylic acids is 4. The van der Waals surface area contributed by atoms with E-state index in [1.54, 1.807) is 75.3 Å². The average Bonchev–Trinajstić information content (AvgIpc) is 3.82. The second-order valence-corrected chi connectivity index (χ2v) is 16.3. The molecule has 252 valence electrons. The lowest BCUT2D eigenvalue weighted by molar-refractivity contribution is -0.159. The van der Waals surface area contributed by atoms with Crippen molar-refractivity contribution in [2.45, 2.75) is 85.2 Å². The van der Waals surface area contributed by atoms with Crippen molar-refractivity contribution in [3.8, 4) is 0 Å². The molecular weight excluding hydrogens is 643 g/mol. The second kappa shape index (κ2) is 9.71. The Bertz CT molecular complexity index is 2110. The molecule has 49 heavy (non-hydrogen) atoms. The zero-order valence-electron chi connectivity index (χ0n) is 27.7. The molecule has 4 saturated heterocycles. The van der Waals surface area contributed by atoms with E-state index in [0.29, 0.717) is 17.7 Å². The molecule has 1 aliphatic carbocycles. The number of fused-ring (bicyclic) bond motifs is 11. The van der Waals surface area contributed by atoms with Gasteiger partial charge in [0.1, 0.15) is 30.3 Å². The van der Waals surface area contributed by atoms with Crippen molar-refractivity contribution >= 4 is 39.3 Å². The van der Waals surface area contributed by atoms with E-state index in [1.165, 1.54) is 19.0 Å². The molecule has 4 amide bonds. The minimum Gasteiger partial charge on any atom is -0.332 e. The van der Waals surface area contributed by atoms with Gasteiger partial charge in [-0.2, -0.15) is 0 Å². The number of para-hydroxylation sites is 1. The van der Waals surface area contributed by atoms with Gasteiger partial charge in [0.25, 0.3) is 10.0 Å². The molecule has 12 heteroatoms. The van der Waals surface area contributed by atoms with Crippen molar-refractivity contribution in [2.75, 3.05) is 18.4 Å². The maximum atomic E-state index is 15.0. The van der Waals surface area contributed by atoms with Gasteiger partial charge in [0.2, 0.25) is 23.6 Å². The van der Waals surface area contributed by atoms with Gasteiger partial charge in [-0.1, -0.05) is 60.7 Å². The highest BCUT2D eigenvalue weighted by Crippen LogP contribution is 2.70. The summed E-state index contributed by atoms with van der Waals surface area (Å²) in [6.07, 6.45) is -0.305. The van der Waals surface area contributed by atoms with Gasteiger partial charge in [-0.05, 0) is 68.0 Å². The molecule has 9 rings (SSSR count). The number of benzene rings is 3. The molecule has 1 unspecified atom stereocenters. The SMILES string of the molecule is C[C@H]1C(=O)N2C(C[C@]3([C@]45C[C@H]6C(=O)N(C)[C@@H](C)C(=O)N6[C@H]4Cc4ccccc45)c4ccccc4N(S(=O)(=O)c4ccccc4)[C@H]23)C(=O)N1C. The monoisotopic (exact) mass is 679 g/mol. The van der Waals surface area contributed by atoms with E-state index in [4.69, 9.17) is 0 Å². The number of hydrogen-bond donors (Lipinski definition) is 0. The quantitative estimate of drug-likeness (QED) is 0.419. The van der Waals surface area contributed by atoms with E-state index in [1.807, 2.05) is 36.4 Å². The normalized spacial score (nSPS) is 34.6. The van der Waals surface area contributed by atoms with E-state index in [-0.39, 0.29) is 41.4 Å². The predicted octanol–water partition coefficient (Wildman–Crippen LogP) is 2.24. The third-order valence-corrected chi connectivity index (χ3v) is 14.6. The average molecular weight is 680 g/mol. The first-order valence-electron chi connectivity index (χ1n) is 16.8. The number of rotatable bonds is 3. The van der Waals surface area contributed by atoms with Crippen LogP contribution in [0.3, 0.4) is 0 Å². The molecular formula is C37H37N5O6S. The molecule has 0 radical (unpaired) electrons. The highest BCUT2D eigenvalue weighted by atomic mass is 32.2. The van der Waals surface area contributed by atoms with Crippen molar-refractivity contribution < 1.29 is 27.6 Å². The van der Waals surface area contributed by atoms with Crippen LogP contribution < -0.4 is 4.31 Å². The first-order valence-corrected chi connectivity index (χ1v) is 18.3. The van der Waals surface area contributed by atoms with Crippen molar-refractivity contribution in [3.05, 3.63) is 95.6 Å². The number of piperazine rings is 2. The smallest absolute Gasteiger partial charge is 0.266 e. The van der Waals surface area contributed by atoms with Crippen LogP contribution in [-0.4, -0.2) is 102 Å². The Labute approximate surface area is 285 Å². The Hall–Kier alpha value is -4.71. The Morgan fingerprint density at radius 2 is 1.16 bits per heavy atom. The van der Waals surface area contributed by atoms with Crippen LogP contribution in [0, 0.1) is 0 Å².